The highest BCUT2D eigenvalue weighted by Crippen LogP contribution is 2.08. The highest BCUT2D eigenvalue weighted by Gasteiger charge is 2.19. The van der Waals surface area contributed by atoms with Gasteiger partial charge in [0.25, 0.3) is 0 Å². The third kappa shape index (κ3) is 6.29. The first kappa shape index (κ1) is 18.4. The number of imide groups is 1. The first-order valence-corrected chi connectivity index (χ1v) is 9.00. The van der Waals surface area contributed by atoms with Gasteiger partial charge >= 0.3 is 6.03 Å². The van der Waals surface area contributed by atoms with E-state index in [9.17, 15) is 14.4 Å². The lowest BCUT2D eigenvalue weighted by Crippen LogP contribution is -2.45. The van der Waals surface area contributed by atoms with E-state index in [-0.39, 0.29) is 18.4 Å². The molecule has 1 aliphatic rings. The molecular formula is C16H24N4O3S. The van der Waals surface area contributed by atoms with Gasteiger partial charge in [-0.1, -0.05) is 6.07 Å². The first-order chi connectivity index (χ1) is 11.5. The first-order valence-electron chi connectivity index (χ1n) is 8.12. The van der Waals surface area contributed by atoms with Crippen LogP contribution in [0.25, 0.3) is 0 Å². The summed E-state index contributed by atoms with van der Waals surface area (Å²) in [6.07, 6.45) is 1.59. The molecule has 2 heterocycles. The number of urea groups is 1. The highest BCUT2D eigenvalue weighted by atomic mass is 32.1. The molecule has 0 saturated carbocycles. The van der Waals surface area contributed by atoms with Crippen molar-refractivity contribution < 1.29 is 14.4 Å². The van der Waals surface area contributed by atoms with Crippen LogP contribution in [0.3, 0.4) is 0 Å². The zero-order chi connectivity index (χ0) is 17.4. The van der Waals surface area contributed by atoms with Gasteiger partial charge in [0.05, 0.1) is 6.54 Å². The number of carbonyl (C=O) groups excluding carboxylic acids is 3. The third-order valence-corrected chi connectivity index (χ3v) is 4.83. The Kier molecular flexibility index (Phi) is 7.20. The summed E-state index contributed by atoms with van der Waals surface area (Å²) in [6, 6.07) is 3.52. The molecule has 1 fully saturated rings. The van der Waals surface area contributed by atoms with Crippen molar-refractivity contribution in [3.05, 3.63) is 22.4 Å². The van der Waals surface area contributed by atoms with Gasteiger partial charge < -0.3 is 10.2 Å². The molecule has 0 aliphatic carbocycles. The normalized spacial score (nSPS) is 15.6. The van der Waals surface area contributed by atoms with E-state index in [0.717, 1.165) is 25.9 Å². The molecule has 1 aromatic rings. The maximum absolute atomic E-state index is 11.9. The van der Waals surface area contributed by atoms with Gasteiger partial charge in [-0.25, -0.2) is 4.79 Å². The van der Waals surface area contributed by atoms with E-state index in [4.69, 9.17) is 0 Å². The summed E-state index contributed by atoms with van der Waals surface area (Å²) < 4.78 is 0. The van der Waals surface area contributed by atoms with E-state index in [1.54, 1.807) is 23.2 Å². The zero-order valence-electron chi connectivity index (χ0n) is 13.9. The standard InChI is InChI=1S/C16H24N4O3S/c1-13(21)20-8-3-7-19(9-10-20)12-15(22)18-16(23)17-6-5-14-4-2-11-24-14/h2,4,11H,3,5-10,12H2,1H3,(H2,17,18,22,23). The van der Waals surface area contributed by atoms with Crippen LogP contribution < -0.4 is 10.6 Å². The molecule has 24 heavy (non-hydrogen) atoms. The van der Waals surface area contributed by atoms with Crippen LogP contribution in [-0.4, -0.2) is 66.9 Å². The Morgan fingerprint density at radius 1 is 1.21 bits per heavy atom. The van der Waals surface area contributed by atoms with Crippen LogP contribution in [0.15, 0.2) is 17.5 Å². The van der Waals surface area contributed by atoms with Gasteiger partial charge in [-0.05, 0) is 24.3 Å². The van der Waals surface area contributed by atoms with E-state index >= 15 is 0 Å². The lowest BCUT2D eigenvalue weighted by Gasteiger charge is -2.20. The van der Waals surface area contributed by atoms with Gasteiger partial charge in [-0.2, -0.15) is 0 Å². The predicted octanol–water partition coefficient (Wildman–Crippen LogP) is 0.671. The van der Waals surface area contributed by atoms with Crippen LogP contribution in [-0.2, 0) is 16.0 Å². The molecule has 8 heteroatoms. The molecule has 2 rings (SSSR count). The van der Waals surface area contributed by atoms with E-state index in [1.165, 1.54) is 4.88 Å². The Morgan fingerprint density at radius 3 is 2.75 bits per heavy atom. The number of nitrogens with zero attached hydrogens (tertiary/aromatic N) is 2. The molecule has 0 radical (unpaired) electrons. The fourth-order valence-electron chi connectivity index (χ4n) is 2.61. The Bertz CT molecular complexity index is 562. The fraction of sp³-hybridized carbons (Fsp3) is 0.562. The second kappa shape index (κ2) is 9.39. The monoisotopic (exact) mass is 352 g/mol. The Morgan fingerprint density at radius 2 is 2.04 bits per heavy atom. The van der Waals surface area contributed by atoms with Gasteiger partial charge in [0.1, 0.15) is 0 Å². The molecule has 2 N–H and O–H groups in total. The van der Waals surface area contributed by atoms with Crippen molar-refractivity contribution in [3.63, 3.8) is 0 Å². The highest BCUT2D eigenvalue weighted by molar-refractivity contribution is 7.09. The Labute approximate surface area is 146 Å². The van der Waals surface area contributed by atoms with E-state index in [2.05, 4.69) is 10.6 Å². The summed E-state index contributed by atoms with van der Waals surface area (Å²) >= 11 is 1.64. The Balaban J connectivity index is 1.64. The predicted molar refractivity (Wildman–Crippen MR) is 92.9 cm³/mol. The van der Waals surface area contributed by atoms with Gasteiger partial charge in [0.15, 0.2) is 0 Å². The molecule has 0 atom stereocenters. The summed E-state index contributed by atoms with van der Waals surface area (Å²) in [5.74, 6) is -0.258. The van der Waals surface area contributed by atoms with Crippen molar-refractivity contribution in [1.82, 2.24) is 20.4 Å². The smallest absolute Gasteiger partial charge is 0.321 e. The quantitative estimate of drug-likeness (QED) is 0.816. The minimum atomic E-state index is -0.461. The van der Waals surface area contributed by atoms with Crippen molar-refractivity contribution in [2.24, 2.45) is 0 Å². The molecule has 1 aromatic heterocycles. The van der Waals surface area contributed by atoms with E-state index in [1.807, 2.05) is 22.4 Å². The van der Waals surface area contributed by atoms with Crippen molar-refractivity contribution in [1.29, 1.82) is 0 Å². The largest absolute Gasteiger partial charge is 0.342 e. The maximum atomic E-state index is 11.9. The summed E-state index contributed by atoms with van der Waals surface area (Å²) in [5, 5.41) is 7.04. The van der Waals surface area contributed by atoms with Crippen LogP contribution in [0.2, 0.25) is 0 Å². The summed E-state index contributed by atoms with van der Waals surface area (Å²) in [7, 11) is 0. The molecule has 1 aliphatic heterocycles. The van der Waals surface area contributed by atoms with Gasteiger partial charge in [-0.3, -0.25) is 19.8 Å². The topological polar surface area (TPSA) is 81.8 Å². The minimum Gasteiger partial charge on any atom is -0.342 e. The SMILES string of the molecule is CC(=O)N1CCCN(CC(=O)NC(=O)NCCc2cccs2)CC1. The lowest BCUT2D eigenvalue weighted by atomic mass is 10.3. The molecule has 0 aromatic carbocycles. The summed E-state index contributed by atoms with van der Waals surface area (Å²) in [5.41, 5.74) is 0. The maximum Gasteiger partial charge on any atom is 0.321 e. The van der Waals surface area contributed by atoms with E-state index < -0.39 is 6.03 Å². The van der Waals surface area contributed by atoms with Crippen molar-refractivity contribution >= 4 is 29.2 Å². The molecule has 4 amide bonds. The minimum absolute atomic E-state index is 0.0615. The average Bonchev–Trinajstić information content (AvgIpc) is 2.92. The third-order valence-electron chi connectivity index (χ3n) is 3.89. The number of thiophene rings is 1. The van der Waals surface area contributed by atoms with Crippen LogP contribution in [0.1, 0.15) is 18.2 Å². The van der Waals surface area contributed by atoms with Crippen LogP contribution in [0, 0.1) is 0 Å². The van der Waals surface area contributed by atoms with Gasteiger partial charge in [0.2, 0.25) is 11.8 Å². The number of amides is 4. The fourth-order valence-corrected chi connectivity index (χ4v) is 3.32. The molecular weight excluding hydrogens is 328 g/mol. The van der Waals surface area contributed by atoms with Crippen molar-refractivity contribution in [3.8, 4) is 0 Å². The molecule has 1 saturated heterocycles. The number of hydrogen-bond donors (Lipinski definition) is 2. The molecule has 7 nitrogen and oxygen atoms in total. The van der Waals surface area contributed by atoms with Gasteiger partial charge in [0, 0.05) is 44.5 Å². The Hall–Kier alpha value is -1.93. The second-order valence-corrected chi connectivity index (χ2v) is 6.80. The molecule has 132 valence electrons. The van der Waals surface area contributed by atoms with E-state index in [0.29, 0.717) is 19.6 Å². The van der Waals surface area contributed by atoms with Crippen molar-refractivity contribution in [2.45, 2.75) is 19.8 Å². The zero-order valence-corrected chi connectivity index (χ0v) is 14.7. The number of nitrogens with one attached hydrogen (secondary N) is 2. The summed E-state index contributed by atoms with van der Waals surface area (Å²) in [4.78, 5) is 40.0. The number of hydrogen-bond acceptors (Lipinski definition) is 5. The van der Waals surface area contributed by atoms with Crippen LogP contribution in [0.4, 0.5) is 4.79 Å². The average molecular weight is 352 g/mol. The van der Waals surface area contributed by atoms with Gasteiger partial charge in [-0.15, -0.1) is 11.3 Å². The lowest BCUT2D eigenvalue weighted by molar-refractivity contribution is -0.128. The van der Waals surface area contributed by atoms with Crippen LogP contribution in [0.5, 0.6) is 0 Å². The molecule has 0 bridgehead atoms. The number of rotatable bonds is 5. The number of carbonyl (C=O) groups is 3. The molecule has 0 spiro atoms. The molecule has 0 unspecified atom stereocenters. The summed E-state index contributed by atoms with van der Waals surface area (Å²) in [6.45, 7) is 4.96. The van der Waals surface area contributed by atoms with Crippen molar-refractivity contribution in [2.75, 3.05) is 39.3 Å². The van der Waals surface area contributed by atoms with Crippen LogP contribution >= 0.6 is 11.3 Å². The second-order valence-electron chi connectivity index (χ2n) is 5.77.